The number of hydrogen-bond donors (Lipinski definition) is 2. The first-order valence-electron chi connectivity index (χ1n) is 22.4. The molecule has 0 radical (unpaired) electrons. The number of carbonyl (C=O) groups excluding carboxylic acids is 1. The second kappa shape index (κ2) is 18.4. The number of esters is 1. The molecule has 3 aliphatic rings. The number of hydrogen-bond acceptors (Lipinski definition) is 4. The predicted molar refractivity (Wildman–Crippen MR) is 242 cm³/mol. The van der Waals surface area contributed by atoms with Gasteiger partial charge < -0.3 is 15.4 Å². The summed E-state index contributed by atoms with van der Waals surface area (Å²) in [5, 5.41) is 7.67. The molecule has 1 heterocycles. The van der Waals surface area contributed by atoms with Gasteiger partial charge in [0.05, 0.1) is 5.56 Å². The van der Waals surface area contributed by atoms with Crippen molar-refractivity contribution in [3.05, 3.63) is 177 Å². The number of anilines is 2. The molecule has 0 amide bonds. The third-order valence-corrected chi connectivity index (χ3v) is 13.3. The maximum absolute atomic E-state index is 16.9. The van der Waals surface area contributed by atoms with Crippen LogP contribution >= 0.6 is 0 Å². The zero-order chi connectivity index (χ0) is 43.5. The largest absolute Gasteiger partial charge is 0.442 e. The summed E-state index contributed by atoms with van der Waals surface area (Å²) in [6, 6.07) is 31.5. The van der Waals surface area contributed by atoms with Gasteiger partial charge in [0, 0.05) is 34.6 Å². The summed E-state index contributed by atoms with van der Waals surface area (Å²) in [6.45, 7) is 8.73. The first-order valence-corrected chi connectivity index (χ1v) is 22.4. The topological polar surface area (TPSA) is 50.4 Å². The van der Waals surface area contributed by atoms with Gasteiger partial charge in [0.2, 0.25) is 0 Å². The smallest absolute Gasteiger partial charge is 0.343 e. The van der Waals surface area contributed by atoms with Crippen LogP contribution in [0.15, 0.2) is 109 Å². The molecule has 0 unspecified atom stereocenters. The van der Waals surface area contributed by atoms with E-state index in [0.717, 1.165) is 97.8 Å². The molecule has 2 N–H and O–H groups in total. The number of ether oxygens (including phenoxy) is 1. The van der Waals surface area contributed by atoms with Crippen LogP contribution in [0, 0.1) is 35.1 Å². The Balaban J connectivity index is 1.43. The Morgan fingerprint density at radius 3 is 1.44 bits per heavy atom. The third-order valence-electron chi connectivity index (χ3n) is 13.3. The standard InChI is InChI=1S/C54H56F4N2O2/c1-5-35-21-27-41(45(29-35)59-39-23-17-33(3)18-24-39)43(37-13-9-7-10-14-37)31-54(48-47(53(61)62-54)49(55)51(57)52(58)50(48)56)32-44(38-15-11-8-12-16-38)42-28-22-36(6-2)30-46(42)60-40-25-19-34(4)20-26-40/h7-16,21-22,27-34,39-40,59-60H,5-6,17-20,23-26H2,1-4H3. The number of cyclic esters (lactones) is 1. The van der Waals surface area contributed by atoms with Crippen molar-refractivity contribution in [2.45, 2.75) is 110 Å². The molecule has 1 aliphatic heterocycles. The van der Waals surface area contributed by atoms with Crippen LogP contribution in [0.4, 0.5) is 28.9 Å². The SMILES string of the molecule is CCc1ccc(C(=CC2(C=C(c3ccccc3)c3ccc(CC)cc3NC3CCC(C)CC3)OC(=O)c3c(F)c(F)c(F)c(F)c32)c2ccccc2)c(NC2CCC(C)CC2)c1. The van der Waals surface area contributed by atoms with E-state index in [1.54, 1.807) is 12.2 Å². The lowest BCUT2D eigenvalue weighted by Gasteiger charge is -2.31. The van der Waals surface area contributed by atoms with Crippen molar-refractivity contribution in [3.63, 3.8) is 0 Å². The maximum Gasteiger partial charge on any atom is 0.343 e. The summed E-state index contributed by atoms with van der Waals surface area (Å²) in [6.07, 6.45) is 13.1. The van der Waals surface area contributed by atoms with Gasteiger partial charge in [0.1, 0.15) is 5.56 Å². The van der Waals surface area contributed by atoms with E-state index in [0.29, 0.717) is 34.1 Å². The van der Waals surface area contributed by atoms with E-state index in [1.165, 1.54) is 0 Å². The number of carbonyl (C=O) groups is 1. The van der Waals surface area contributed by atoms with Crippen molar-refractivity contribution in [2.24, 2.45) is 11.8 Å². The quantitative estimate of drug-likeness (QED) is 0.0569. The molecule has 0 atom stereocenters. The van der Waals surface area contributed by atoms with Gasteiger partial charge in [-0.3, -0.25) is 0 Å². The highest BCUT2D eigenvalue weighted by molar-refractivity contribution is 5.99. The molecule has 322 valence electrons. The summed E-state index contributed by atoms with van der Waals surface area (Å²) in [4.78, 5) is 14.1. The minimum absolute atomic E-state index is 0.200. The fourth-order valence-corrected chi connectivity index (χ4v) is 9.57. The van der Waals surface area contributed by atoms with Crippen molar-refractivity contribution in [1.82, 2.24) is 0 Å². The highest BCUT2D eigenvalue weighted by atomic mass is 19.2. The second-order valence-electron chi connectivity index (χ2n) is 17.7. The summed E-state index contributed by atoms with van der Waals surface area (Å²) < 4.78 is 70.1. The normalized spacial score (nSPS) is 22.9. The van der Waals surface area contributed by atoms with E-state index in [1.807, 2.05) is 84.9 Å². The van der Waals surface area contributed by atoms with Gasteiger partial charge in [-0.25, -0.2) is 22.4 Å². The lowest BCUT2D eigenvalue weighted by Crippen LogP contribution is -2.27. The number of benzene rings is 5. The van der Waals surface area contributed by atoms with E-state index in [9.17, 15) is 4.79 Å². The summed E-state index contributed by atoms with van der Waals surface area (Å²) >= 11 is 0. The first kappa shape index (κ1) is 43.0. The van der Waals surface area contributed by atoms with Crippen molar-refractivity contribution in [2.75, 3.05) is 10.6 Å². The van der Waals surface area contributed by atoms with E-state index in [-0.39, 0.29) is 12.1 Å². The van der Waals surface area contributed by atoms with E-state index < -0.39 is 46.0 Å². The summed E-state index contributed by atoms with van der Waals surface area (Å²) in [5.74, 6) is -7.59. The Bertz CT molecular complexity index is 2350. The molecule has 8 heteroatoms. The number of rotatable bonds is 12. The van der Waals surface area contributed by atoms with Gasteiger partial charge in [-0.15, -0.1) is 0 Å². The fourth-order valence-electron chi connectivity index (χ4n) is 9.57. The van der Waals surface area contributed by atoms with Crippen molar-refractivity contribution in [1.29, 1.82) is 0 Å². The molecule has 0 saturated heterocycles. The number of aryl methyl sites for hydroxylation is 2. The van der Waals surface area contributed by atoms with Gasteiger partial charge in [0.25, 0.3) is 0 Å². The van der Waals surface area contributed by atoms with Crippen LogP contribution in [0.3, 0.4) is 0 Å². The fraction of sp³-hybridized carbons (Fsp3) is 0.352. The van der Waals surface area contributed by atoms with Gasteiger partial charge in [-0.1, -0.05) is 113 Å². The molecule has 0 aromatic heterocycles. The second-order valence-corrected chi connectivity index (χ2v) is 17.7. The van der Waals surface area contributed by atoms with Crippen molar-refractivity contribution < 1.29 is 27.1 Å². The van der Waals surface area contributed by atoms with E-state index in [4.69, 9.17) is 4.74 Å². The summed E-state index contributed by atoms with van der Waals surface area (Å²) in [5.41, 5.74) is 3.83. The number of fused-ring (bicyclic) bond motifs is 1. The van der Waals surface area contributed by atoms with Crippen LogP contribution in [-0.4, -0.2) is 18.1 Å². The highest BCUT2D eigenvalue weighted by Gasteiger charge is 2.50. The average molecular weight is 841 g/mol. The lowest BCUT2D eigenvalue weighted by atomic mass is 9.81. The van der Waals surface area contributed by atoms with E-state index >= 15 is 17.6 Å². The zero-order valence-corrected chi connectivity index (χ0v) is 36.1. The third kappa shape index (κ3) is 8.71. The van der Waals surface area contributed by atoms with Gasteiger partial charge in [-0.05, 0) is 134 Å². The van der Waals surface area contributed by atoms with Crippen molar-refractivity contribution in [3.8, 4) is 0 Å². The van der Waals surface area contributed by atoms with Gasteiger partial charge in [-0.2, -0.15) is 0 Å². The molecule has 5 aromatic carbocycles. The van der Waals surface area contributed by atoms with Crippen LogP contribution < -0.4 is 10.6 Å². The molecule has 5 aromatic rings. The molecule has 8 rings (SSSR count). The molecule has 0 bridgehead atoms. The Morgan fingerprint density at radius 1 is 0.597 bits per heavy atom. The molecule has 2 saturated carbocycles. The first-order chi connectivity index (χ1) is 30.0. The average Bonchev–Trinajstić information content (AvgIpc) is 3.59. The Hall–Kier alpha value is -5.63. The van der Waals surface area contributed by atoms with Crippen LogP contribution in [0.5, 0.6) is 0 Å². The number of nitrogens with one attached hydrogen (secondary N) is 2. The monoisotopic (exact) mass is 840 g/mol. The molecule has 0 spiro atoms. The Morgan fingerprint density at radius 2 is 1.02 bits per heavy atom. The molecular weight excluding hydrogens is 785 g/mol. The minimum atomic E-state index is -2.27. The minimum Gasteiger partial charge on any atom is -0.442 e. The zero-order valence-electron chi connectivity index (χ0n) is 36.1. The Labute approximate surface area is 363 Å². The molecule has 62 heavy (non-hydrogen) atoms. The highest BCUT2D eigenvalue weighted by Crippen LogP contribution is 2.49. The molecule has 2 aliphatic carbocycles. The summed E-state index contributed by atoms with van der Waals surface area (Å²) in [7, 11) is 0. The maximum atomic E-state index is 16.9. The van der Waals surface area contributed by atoms with Gasteiger partial charge >= 0.3 is 5.97 Å². The van der Waals surface area contributed by atoms with Crippen LogP contribution in [0.25, 0.3) is 11.1 Å². The Kier molecular flexibility index (Phi) is 12.8. The van der Waals surface area contributed by atoms with Crippen molar-refractivity contribution >= 4 is 28.5 Å². The van der Waals surface area contributed by atoms with Gasteiger partial charge in [0.15, 0.2) is 28.9 Å². The number of halogens is 4. The van der Waals surface area contributed by atoms with Crippen LogP contribution in [0.2, 0.25) is 0 Å². The van der Waals surface area contributed by atoms with Crippen LogP contribution in [0.1, 0.15) is 128 Å². The predicted octanol–water partition coefficient (Wildman–Crippen LogP) is 14.0. The lowest BCUT2D eigenvalue weighted by molar-refractivity contribution is 0.0291. The molecule has 4 nitrogen and oxygen atoms in total. The van der Waals surface area contributed by atoms with Crippen LogP contribution in [-0.2, 0) is 23.2 Å². The molecular formula is C54H56F4N2O2. The van der Waals surface area contributed by atoms with E-state index in [2.05, 4.69) is 50.5 Å². The molecule has 2 fully saturated rings.